The minimum Gasteiger partial charge on any atom is -0.497 e. The van der Waals surface area contributed by atoms with Crippen molar-refractivity contribution in [1.82, 2.24) is 10.2 Å². The molecule has 0 aliphatic heterocycles. The maximum Gasteiger partial charge on any atom is 0.261 e. The van der Waals surface area contributed by atoms with E-state index in [-0.39, 0.29) is 18.4 Å². The minimum absolute atomic E-state index is 0.132. The van der Waals surface area contributed by atoms with Crippen molar-refractivity contribution in [3.05, 3.63) is 60.2 Å². The molecule has 0 aliphatic rings. The van der Waals surface area contributed by atoms with Crippen LogP contribution in [0, 0.1) is 0 Å². The van der Waals surface area contributed by atoms with Crippen LogP contribution in [-0.4, -0.2) is 49.6 Å². The zero-order valence-corrected chi connectivity index (χ0v) is 17.4. The summed E-state index contributed by atoms with van der Waals surface area (Å²) in [5.74, 6) is 0.910. The Kier molecular flexibility index (Phi) is 9.02. The SMILES string of the molecule is CCCNC(=O)[C@H](C)N(CCc1ccccc1)C(=O)COc1ccc(OC)cc1. The molecule has 2 rings (SSSR count). The second-order valence-electron chi connectivity index (χ2n) is 6.75. The van der Waals surface area contributed by atoms with Gasteiger partial charge in [-0.15, -0.1) is 0 Å². The summed E-state index contributed by atoms with van der Waals surface area (Å²) in [5.41, 5.74) is 1.11. The van der Waals surface area contributed by atoms with Gasteiger partial charge < -0.3 is 19.7 Å². The lowest BCUT2D eigenvalue weighted by Gasteiger charge is -2.28. The Morgan fingerprint density at radius 2 is 1.69 bits per heavy atom. The van der Waals surface area contributed by atoms with Crippen LogP contribution in [-0.2, 0) is 16.0 Å². The molecule has 0 aliphatic carbocycles. The third-order valence-electron chi connectivity index (χ3n) is 4.62. The number of rotatable bonds is 11. The molecule has 0 heterocycles. The molecule has 6 heteroatoms. The average molecular weight is 399 g/mol. The first-order valence-corrected chi connectivity index (χ1v) is 9.93. The number of ether oxygens (including phenoxy) is 2. The van der Waals surface area contributed by atoms with Gasteiger partial charge in [-0.3, -0.25) is 9.59 Å². The minimum atomic E-state index is -0.572. The highest BCUT2D eigenvalue weighted by atomic mass is 16.5. The van der Waals surface area contributed by atoms with Crippen LogP contribution in [0.1, 0.15) is 25.8 Å². The molecule has 2 aromatic carbocycles. The molecule has 1 N–H and O–H groups in total. The Balaban J connectivity index is 2.02. The van der Waals surface area contributed by atoms with Gasteiger partial charge in [0.2, 0.25) is 5.91 Å². The molecule has 0 fully saturated rings. The first-order valence-electron chi connectivity index (χ1n) is 9.93. The third kappa shape index (κ3) is 7.14. The summed E-state index contributed by atoms with van der Waals surface area (Å²) in [4.78, 5) is 26.9. The fourth-order valence-corrected chi connectivity index (χ4v) is 2.87. The smallest absolute Gasteiger partial charge is 0.261 e. The van der Waals surface area contributed by atoms with Crippen molar-refractivity contribution in [2.24, 2.45) is 0 Å². The van der Waals surface area contributed by atoms with Crippen LogP contribution >= 0.6 is 0 Å². The van der Waals surface area contributed by atoms with Gasteiger partial charge in [-0.05, 0) is 49.6 Å². The molecular formula is C23H30N2O4. The Bertz CT molecular complexity index is 762. The van der Waals surface area contributed by atoms with E-state index in [2.05, 4.69) is 5.32 Å². The van der Waals surface area contributed by atoms with E-state index in [1.807, 2.05) is 37.3 Å². The summed E-state index contributed by atoms with van der Waals surface area (Å²) in [5, 5.41) is 2.86. The number of nitrogens with zero attached hydrogens (tertiary/aromatic N) is 1. The van der Waals surface area contributed by atoms with Crippen LogP contribution in [0.15, 0.2) is 54.6 Å². The summed E-state index contributed by atoms with van der Waals surface area (Å²) < 4.78 is 10.8. The molecule has 6 nitrogen and oxygen atoms in total. The molecule has 2 aromatic rings. The van der Waals surface area contributed by atoms with Crippen LogP contribution in [0.5, 0.6) is 11.5 Å². The Morgan fingerprint density at radius 1 is 1.03 bits per heavy atom. The number of nitrogens with one attached hydrogen (secondary N) is 1. The van der Waals surface area contributed by atoms with Crippen molar-refractivity contribution in [2.45, 2.75) is 32.7 Å². The van der Waals surface area contributed by atoms with Gasteiger partial charge in [0.05, 0.1) is 7.11 Å². The maximum atomic E-state index is 12.9. The highest BCUT2D eigenvalue weighted by Gasteiger charge is 2.25. The van der Waals surface area contributed by atoms with E-state index in [1.165, 1.54) is 0 Å². The van der Waals surface area contributed by atoms with E-state index >= 15 is 0 Å². The summed E-state index contributed by atoms with van der Waals surface area (Å²) >= 11 is 0. The number of benzene rings is 2. The fourth-order valence-electron chi connectivity index (χ4n) is 2.87. The summed E-state index contributed by atoms with van der Waals surface area (Å²) in [6, 6.07) is 16.4. The topological polar surface area (TPSA) is 67.9 Å². The summed E-state index contributed by atoms with van der Waals surface area (Å²) in [7, 11) is 1.59. The lowest BCUT2D eigenvalue weighted by molar-refractivity contribution is -0.141. The van der Waals surface area contributed by atoms with Crippen molar-refractivity contribution >= 4 is 11.8 Å². The normalized spacial score (nSPS) is 11.4. The molecule has 0 saturated heterocycles. The monoisotopic (exact) mass is 398 g/mol. The number of amides is 2. The van der Waals surface area contributed by atoms with Crippen LogP contribution < -0.4 is 14.8 Å². The van der Waals surface area contributed by atoms with Crippen molar-refractivity contribution < 1.29 is 19.1 Å². The van der Waals surface area contributed by atoms with E-state index in [4.69, 9.17) is 9.47 Å². The van der Waals surface area contributed by atoms with Gasteiger partial charge >= 0.3 is 0 Å². The predicted octanol–water partition coefficient (Wildman–Crippen LogP) is 3.06. The highest BCUT2D eigenvalue weighted by molar-refractivity contribution is 5.87. The number of hydrogen-bond donors (Lipinski definition) is 1. The molecular weight excluding hydrogens is 368 g/mol. The molecule has 2 amide bonds. The lowest BCUT2D eigenvalue weighted by atomic mass is 10.1. The quantitative estimate of drug-likeness (QED) is 0.632. The van der Waals surface area contributed by atoms with Gasteiger partial charge in [0.25, 0.3) is 5.91 Å². The zero-order chi connectivity index (χ0) is 21.1. The Morgan fingerprint density at radius 3 is 2.31 bits per heavy atom. The van der Waals surface area contributed by atoms with Crippen molar-refractivity contribution in [1.29, 1.82) is 0 Å². The average Bonchev–Trinajstić information content (AvgIpc) is 2.77. The highest BCUT2D eigenvalue weighted by Crippen LogP contribution is 2.17. The van der Waals surface area contributed by atoms with Gasteiger partial charge in [0, 0.05) is 13.1 Å². The van der Waals surface area contributed by atoms with Crippen molar-refractivity contribution in [2.75, 3.05) is 26.8 Å². The molecule has 156 valence electrons. The molecule has 29 heavy (non-hydrogen) atoms. The molecule has 0 unspecified atom stereocenters. The molecule has 0 radical (unpaired) electrons. The molecule has 1 atom stereocenters. The third-order valence-corrected chi connectivity index (χ3v) is 4.62. The van der Waals surface area contributed by atoms with E-state index < -0.39 is 6.04 Å². The van der Waals surface area contributed by atoms with Gasteiger partial charge in [0.15, 0.2) is 6.61 Å². The van der Waals surface area contributed by atoms with Gasteiger partial charge in [-0.2, -0.15) is 0 Å². The molecule has 0 saturated carbocycles. The van der Waals surface area contributed by atoms with Crippen LogP contribution in [0.2, 0.25) is 0 Å². The first-order chi connectivity index (χ1) is 14.0. The number of carbonyl (C=O) groups excluding carboxylic acids is 2. The first kappa shape index (κ1) is 22.3. The van der Waals surface area contributed by atoms with E-state index in [0.717, 1.165) is 17.7 Å². The standard InChI is InChI=1S/C23H30N2O4/c1-4-15-24-23(27)18(2)25(16-14-19-8-6-5-7-9-19)22(26)17-29-21-12-10-20(28-3)11-13-21/h5-13,18H,4,14-17H2,1-3H3,(H,24,27)/t18-/m0/s1. The van der Waals surface area contributed by atoms with Crippen molar-refractivity contribution in [3.8, 4) is 11.5 Å². The van der Waals surface area contributed by atoms with Crippen LogP contribution in [0.3, 0.4) is 0 Å². The second-order valence-corrected chi connectivity index (χ2v) is 6.75. The second kappa shape index (κ2) is 11.7. The van der Waals surface area contributed by atoms with Gasteiger partial charge in [-0.25, -0.2) is 0 Å². The number of carbonyl (C=O) groups is 2. The number of methoxy groups -OCH3 is 1. The summed E-state index contributed by atoms with van der Waals surface area (Å²) in [6.45, 7) is 4.64. The molecule has 0 bridgehead atoms. The Labute approximate surface area is 172 Å². The molecule has 0 aromatic heterocycles. The number of hydrogen-bond acceptors (Lipinski definition) is 4. The fraction of sp³-hybridized carbons (Fsp3) is 0.391. The lowest BCUT2D eigenvalue weighted by Crippen LogP contribution is -2.50. The predicted molar refractivity (Wildman–Crippen MR) is 113 cm³/mol. The van der Waals surface area contributed by atoms with E-state index in [9.17, 15) is 9.59 Å². The van der Waals surface area contributed by atoms with Crippen molar-refractivity contribution in [3.63, 3.8) is 0 Å². The van der Waals surface area contributed by atoms with E-state index in [0.29, 0.717) is 25.3 Å². The largest absolute Gasteiger partial charge is 0.497 e. The summed E-state index contributed by atoms with van der Waals surface area (Å²) in [6.07, 6.45) is 1.51. The Hall–Kier alpha value is -3.02. The molecule has 0 spiro atoms. The van der Waals surface area contributed by atoms with Gasteiger partial charge in [0.1, 0.15) is 17.5 Å². The van der Waals surface area contributed by atoms with E-state index in [1.54, 1.807) is 43.2 Å². The van der Waals surface area contributed by atoms with Crippen LogP contribution in [0.25, 0.3) is 0 Å². The zero-order valence-electron chi connectivity index (χ0n) is 17.4. The maximum absolute atomic E-state index is 12.9. The van der Waals surface area contributed by atoms with Crippen LogP contribution in [0.4, 0.5) is 0 Å². The van der Waals surface area contributed by atoms with Gasteiger partial charge in [-0.1, -0.05) is 37.3 Å².